The maximum absolute atomic E-state index is 13.0. The van der Waals surface area contributed by atoms with Crippen LogP contribution in [0.1, 0.15) is 33.7 Å². The lowest BCUT2D eigenvalue weighted by Gasteiger charge is -2.17. The van der Waals surface area contributed by atoms with Crippen LogP contribution >= 0.6 is 0 Å². The molecule has 1 atom stereocenters. The second-order valence-corrected chi connectivity index (χ2v) is 8.08. The van der Waals surface area contributed by atoms with E-state index in [1.54, 1.807) is 36.5 Å². The van der Waals surface area contributed by atoms with Gasteiger partial charge in [-0.1, -0.05) is 18.2 Å². The van der Waals surface area contributed by atoms with Gasteiger partial charge in [0.1, 0.15) is 5.56 Å². The summed E-state index contributed by atoms with van der Waals surface area (Å²) in [6.07, 6.45) is 5.28. The van der Waals surface area contributed by atoms with E-state index in [2.05, 4.69) is 15.3 Å². The second-order valence-electron chi connectivity index (χ2n) is 8.08. The van der Waals surface area contributed by atoms with E-state index in [0.29, 0.717) is 30.8 Å². The predicted molar refractivity (Wildman–Crippen MR) is 121 cm³/mol. The number of carbonyl (C=O) groups excluding carboxylic acids is 2. The fourth-order valence-corrected chi connectivity index (χ4v) is 3.84. The molecule has 2 aromatic heterocycles. The summed E-state index contributed by atoms with van der Waals surface area (Å²) in [5.41, 5.74) is 2.62. The molecule has 0 radical (unpaired) electrons. The van der Waals surface area contributed by atoms with E-state index in [4.69, 9.17) is 0 Å². The number of hydrogen-bond acceptors (Lipinski definition) is 5. The molecule has 8 nitrogen and oxygen atoms in total. The molecule has 1 aromatic carbocycles. The molecule has 4 rings (SSSR count). The van der Waals surface area contributed by atoms with Gasteiger partial charge in [0.2, 0.25) is 5.91 Å². The van der Waals surface area contributed by atoms with Crippen molar-refractivity contribution in [1.82, 2.24) is 19.9 Å². The van der Waals surface area contributed by atoms with Crippen molar-refractivity contribution < 1.29 is 9.59 Å². The number of nitrogens with zero attached hydrogens (tertiary/aromatic N) is 4. The maximum atomic E-state index is 13.0. The molecule has 1 saturated heterocycles. The Kier molecular flexibility index (Phi) is 6.11. The summed E-state index contributed by atoms with van der Waals surface area (Å²) < 4.78 is 1.46. The summed E-state index contributed by atoms with van der Waals surface area (Å²) in [6, 6.07) is 11.2. The highest BCUT2D eigenvalue weighted by molar-refractivity contribution is 5.97. The number of nitrogens with one attached hydrogen (secondary N) is 1. The van der Waals surface area contributed by atoms with Gasteiger partial charge in [-0.25, -0.2) is 0 Å². The molecule has 0 aliphatic carbocycles. The van der Waals surface area contributed by atoms with Gasteiger partial charge in [-0.05, 0) is 37.6 Å². The van der Waals surface area contributed by atoms with Gasteiger partial charge in [-0.15, -0.1) is 0 Å². The Labute approximate surface area is 185 Å². The molecule has 3 heterocycles. The molecule has 1 aliphatic rings. The van der Waals surface area contributed by atoms with Gasteiger partial charge in [0.25, 0.3) is 11.5 Å². The van der Waals surface area contributed by atoms with Gasteiger partial charge >= 0.3 is 0 Å². The zero-order valence-corrected chi connectivity index (χ0v) is 18.1. The number of aryl methyl sites for hydroxylation is 2. The highest BCUT2D eigenvalue weighted by Gasteiger charge is 2.31. The quantitative estimate of drug-likeness (QED) is 0.645. The maximum Gasteiger partial charge on any atom is 0.264 e. The summed E-state index contributed by atoms with van der Waals surface area (Å²) in [4.78, 5) is 48.5. The van der Waals surface area contributed by atoms with E-state index in [0.717, 1.165) is 11.4 Å². The molecule has 3 aromatic rings. The minimum atomic E-state index is -0.428. The second kappa shape index (κ2) is 9.13. The third-order valence-corrected chi connectivity index (χ3v) is 5.59. The van der Waals surface area contributed by atoms with E-state index in [-0.39, 0.29) is 29.5 Å². The van der Waals surface area contributed by atoms with Crippen LogP contribution in [0.25, 0.3) is 0 Å². The Bertz CT molecular complexity index is 1190. The number of carbonyl (C=O) groups is 2. The Morgan fingerprint density at radius 3 is 2.59 bits per heavy atom. The van der Waals surface area contributed by atoms with Crippen LogP contribution in [0.3, 0.4) is 0 Å². The van der Waals surface area contributed by atoms with Gasteiger partial charge < -0.3 is 14.8 Å². The standard InChI is InChI=1S/C24H25N5O3/c1-16-8-9-28(15-19-13-25-17(2)11-26-19)24(32)22(16)23(31)27-12-18-10-21(30)29(14-18)20-6-4-3-5-7-20/h3-9,11,13,18H,10,12,14-15H2,1-2H3,(H,27,31). The average Bonchev–Trinajstić information content (AvgIpc) is 3.17. The predicted octanol–water partition coefficient (Wildman–Crippen LogP) is 2.09. The molecule has 1 aliphatic heterocycles. The van der Waals surface area contributed by atoms with Crippen molar-refractivity contribution in [3.63, 3.8) is 0 Å². The molecule has 0 saturated carbocycles. The summed E-state index contributed by atoms with van der Waals surface area (Å²) in [6.45, 7) is 4.67. The van der Waals surface area contributed by atoms with Crippen LogP contribution in [-0.2, 0) is 11.3 Å². The van der Waals surface area contributed by atoms with E-state index in [1.165, 1.54) is 4.57 Å². The van der Waals surface area contributed by atoms with E-state index >= 15 is 0 Å². The number of rotatable bonds is 6. The van der Waals surface area contributed by atoms with Crippen molar-refractivity contribution in [2.24, 2.45) is 5.92 Å². The lowest BCUT2D eigenvalue weighted by molar-refractivity contribution is -0.117. The fourth-order valence-electron chi connectivity index (χ4n) is 3.84. The molecule has 164 valence electrons. The molecule has 1 N–H and O–H groups in total. The van der Waals surface area contributed by atoms with E-state index in [9.17, 15) is 14.4 Å². The molecule has 1 fully saturated rings. The number of hydrogen-bond donors (Lipinski definition) is 1. The zero-order chi connectivity index (χ0) is 22.7. The van der Waals surface area contributed by atoms with Gasteiger partial charge in [0.05, 0.1) is 24.1 Å². The van der Waals surface area contributed by atoms with Gasteiger partial charge in [-0.2, -0.15) is 0 Å². The Morgan fingerprint density at radius 1 is 1.09 bits per heavy atom. The number of anilines is 1. The van der Waals surface area contributed by atoms with Crippen molar-refractivity contribution in [1.29, 1.82) is 0 Å². The molecular formula is C24H25N5O3. The lowest BCUT2D eigenvalue weighted by Crippen LogP contribution is -2.37. The fraction of sp³-hybridized carbons (Fsp3) is 0.292. The highest BCUT2D eigenvalue weighted by Crippen LogP contribution is 2.24. The van der Waals surface area contributed by atoms with Crippen molar-refractivity contribution in [2.45, 2.75) is 26.8 Å². The number of pyridine rings is 1. The van der Waals surface area contributed by atoms with Gasteiger partial charge in [0, 0.05) is 43.5 Å². The highest BCUT2D eigenvalue weighted by atomic mass is 16.2. The number of aromatic nitrogens is 3. The van der Waals surface area contributed by atoms with Crippen LogP contribution in [0.15, 0.2) is 59.8 Å². The summed E-state index contributed by atoms with van der Waals surface area (Å²) in [5, 5.41) is 2.85. The Balaban J connectivity index is 1.44. The Morgan fingerprint density at radius 2 is 1.88 bits per heavy atom. The molecule has 0 bridgehead atoms. The molecular weight excluding hydrogens is 406 g/mol. The number of para-hydroxylation sites is 1. The molecule has 0 spiro atoms. The third kappa shape index (κ3) is 4.59. The van der Waals surface area contributed by atoms with Crippen LogP contribution in [-0.4, -0.2) is 39.4 Å². The molecule has 8 heteroatoms. The smallest absolute Gasteiger partial charge is 0.264 e. The van der Waals surface area contributed by atoms with Crippen molar-refractivity contribution >= 4 is 17.5 Å². The van der Waals surface area contributed by atoms with E-state index < -0.39 is 5.91 Å². The monoisotopic (exact) mass is 431 g/mol. The minimum absolute atomic E-state index is 0.0132. The van der Waals surface area contributed by atoms with Crippen molar-refractivity contribution in [2.75, 3.05) is 18.0 Å². The first-order chi connectivity index (χ1) is 15.4. The lowest BCUT2D eigenvalue weighted by atomic mass is 10.1. The summed E-state index contributed by atoms with van der Waals surface area (Å²) in [7, 11) is 0. The summed E-state index contributed by atoms with van der Waals surface area (Å²) in [5.74, 6) is -0.406. The van der Waals surface area contributed by atoms with Gasteiger partial charge in [0.15, 0.2) is 0 Å². The van der Waals surface area contributed by atoms with E-state index in [1.807, 2.05) is 37.3 Å². The van der Waals surface area contributed by atoms with Crippen LogP contribution in [0.5, 0.6) is 0 Å². The van der Waals surface area contributed by atoms with Crippen LogP contribution in [0.4, 0.5) is 5.69 Å². The van der Waals surface area contributed by atoms with Crippen molar-refractivity contribution in [3.8, 4) is 0 Å². The first-order valence-electron chi connectivity index (χ1n) is 10.5. The van der Waals surface area contributed by atoms with Crippen LogP contribution in [0.2, 0.25) is 0 Å². The van der Waals surface area contributed by atoms with Crippen molar-refractivity contribution in [3.05, 3.63) is 87.9 Å². The normalized spacial score (nSPS) is 15.8. The largest absolute Gasteiger partial charge is 0.351 e. The summed E-state index contributed by atoms with van der Waals surface area (Å²) >= 11 is 0. The topological polar surface area (TPSA) is 97.2 Å². The molecule has 32 heavy (non-hydrogen) atoms. The zero-order valence-electron chi connectivity index (χ0n) is 18.1. The number of benzene rings is 1. The van der Waals surface area contributed by atoms with Crippen LogP contribution in [0, 0.1) is 19.8 Å². The first-order valence-corrected chi connectivity index (χ1v) is 10.5. The first kappa shape index (κ1) is 21.4. The molecule has 1 unspecified atom stereocenters. The average molecular weight is 431 g/mol. The minimum Gasteiger partial charge on any atom is -0.351 e. The Hall–Kier alpha value is -3.81. The number of amides is 2. The van der Waals surface area contributed by atoms with Gasteiger partial charge in [-0.3, -0.25) is 24.4 Å². The van der Waals surface area contributed by atoms with Crippen LogP contribution < -0.4 is 15.8 Å². The SMILES string of the molecule is Cc1cnc(Cn2ccc(C)c(C(=O)NCC3CC(=O)N(c4ccccc4)C3)c2=O)cn1. The third-order valence-electron chi connectivity index (χ3n) is 5.59. The molecule has 2 amide bonds.